The SMILES string of the molecule is CC(=O)Cc1cc(=O)c2c(C)cc(O)c([C@@H]3OC(CO)[C@@H](O)[C@H](O)[C@H]3O)c2o1. The normalized spacial score (nSPS) is 27.9. The fourth-order valence-electron chi connectivity index (χ4n) is 3.52. The molecule has 1 aromatic carbocycles. The molecule has 152 valence electrons. The average molecular weight is 394 g/mol. The largest absolute Gasteiger partial charge is 0.507 e. The Hall–Kier alpha value is -2.30. The summed E-state index contributed by atoms with van der Waals surface area (Å²) in [5.74, 6) is -0.535. The van der Waals surface area contributed by atoms with E-state index >= 15 is 0 Å². The van der Waals surface area contributed by atoms with Crippen LogP contribution in [-0.4, -0.2) is 62.3 Å². The topological polar surface area (TPSA) is 158 Å². The summed E-state index contributed by atoms with van der Waals surface area (Å²) in [6, 6.07) is 2.48. The van der Waals surface area contributed by atoms with E-state index in [1.807, 2.05) is 0 Å². The van der Waals surface area contributed by atoms with Crippen LogP contribution in [0.2, 0.25) is 0 Å². The van der Waals surface area contributed by atoms with Crippen LogP contribution in [0.5, 0.6) is 5.75 Å². The van der Waals surface area contributed by atoms with Gasteiger partial charge in [-0.25, -0.2) is 0 Å². The van der Waals surface area contributed by atoms with Gasteiger partial charge in [0.25, 0.3) is 0 Å². The number of hydrogen-bond donors (Lipinski definition) is 5. The zero-order chi connectivity index (χ0) is 20.7. The highest BCUT2D eigenvalue weighted by molar-refractivity contribution is 5.86. The van der Waals surface area contributed by atoms with Gasteiger partial charge < -0.3 is 34.7 Å². The number of aliphatic hydroxyl groups excluding tert-OH is 4. The summed E-state index contributed by atoms with van der Waals surface area (Å²) < 4.78 is 11.2. The van der Waals surface area contributed by atoms with Crippen molar-refractivity contribution in [3.05, 3.63) is 39.2 Å². The van der Waals surface area contributed by atoms with Crippen LogP contribution in [0, 0.1) is 6.92 Å². The molecule has 2 aromatic rings. The van der Waals surface area contributed by atoms with Gasteiger partial charge >= 0.3 is 0 Å². The number of ether oxygens (including phenoxy) is 1. The minimum absolute atomic E-state index is 0.0702. The van der Waals surface area contributed by atoms with Gasteiger partial charge in [-0.3, -0.25) is 9.59 Å². The van der Waals surface area contributed by atoms with Crippen molar-refractivity contribution >= 4 is 16.8 Å². The van der Waals surface area contributed by atoms with Crippen molar-refractivity contribution < 1.29 is 39.5 Å². The molecule has 1 aromatic heterocycles. The lowest BCUT2D eigenvalue weighted by Crippen LogP contribution is -2.55. The Labute approximate surface area is 159 Å². The highest BCUT2D eigenvalue weighted by Gasteiger charge is 2.45. The second kappa shape index (κ2) is 7.61. The molecule has 0 radical (unpaired) electrons. The molecule has 1 saturated heterocycles. The Morgan fingerprint density at radius 1 is 1.14 bits per heavy atom. The third-order valence-corrected chi connectivity index (χ3v) is 4.87. The van der Waals surface area contributed by atoms with E-state index in [2.05, 4.69) is 0 Å². The number of hydrogen-bond acceptors (Lipinski definition) is 9. The third kappa shape index (κ3) is 3.43. The van der Waals surface area contributed by atoms with Crippen molar-refractivity contribution in [3.8, 4) is 5.75 Å². The van der Waals surface area contributed by atoms with E-state index in [9.17, 15) is 35.1 Å². The number of benzene rings is 1. The Morgan fingerprint density at radius 3 is 2.43 bits per heavy atom. The number of carbonyl (C=O) groups is 1. The zero-order valence-electron chi connectivity index (χ0n) is 15.3. The molecule has 0 spiro atoms. The number of aryl methyl sites for hydroxylation is 1. The fourth-order valence-corrected chi connectivity index (χ4v) is 3.52. The molecular weight excluding hydrogens is 372 g/mol. The van der Waals surface area contributed by atoms with E-state index in [1.54, 1.807) is 6.92 Å². The lowest BCUT2D eigenvalue weighted by molar-refractivity contribution is -0.231. The summed E-state index contributed by atoms with van der Waals surface area (Å²) in [4.78, 5) is 24.0. The highest BCUT2D eigenvalue weighted by Crippen LogP contribution is 2.41. The van der Waals surface area contributed by atoms with E-state index in [0.29, 0.717) is 5.56 Å². The summed E-state index contributed by atoms with van der Waals surface area (Å²) in [5, 5.41) is 50.5. The van der Waals surface area contributed by atoms with Gasteiger partial charge in [0.15, 0.2) is 5.43 Å². The minimum Gasteiger partial charge on any atom is -0.507 e. The minimum atomic E-state index is -1.67. The second-order valence-corrected chi connectivity index (χ2v) is 7.04. The van der Waals surface area contributed by atoms with E-state index in [1.165, 1.54) is 19.1 Å². The number of rotatable bonds is 4. The summed E-state index contributed by atoms with van der Waals surface area (Å²) in [6.07, 6.45) is -7.65. The van der Waals surface area contributed by atoms with E-state index in [-0.39, 0.29) is 40.2 Å². The Bertz CT molecular complexity index is 962. The lowest BCUT2D eigenvalue weighted by atomic mass is 9.89. The second-order valence-electron chi connectivity index (χ2n) is 7.04. The van der Waals surface area contributed by atoms with Gasteiger partial charge in [0, 0.05) is 6.07 Å². The van der Waals surface area contributed by atoms with Gasteiger partial charge in [0.1, 0.15) is 53.4 Å². The van der Waals surface area contributed by atoms with Crippen molar-refractivity contribution in [3.63, 3.8) is 0 Å². The van der Waals surface area contributed by atoms with Crippen molar-refractivity contribution in [2.45, 2.75) is 50.8 Å². The molecule has 1 fully saturated rings. The molecule has 3 rings (SSSR count). The quantitative estimate of drug-likeness (QED) is 0.459. The molecule has 9 nitrogen and oxygen atoms in total. The number of fused-ring (bicyclic) bond motifs is 1. The van der Waals surface area contributed by atoms with Crippen molar-refractivity contribution in [1.29, 1.82) is 0 Å². The molecular formula is C19H22O9. The molecule has 0 saturated carbocycles. The first kappa shape index (κ1) is 20.4. The molecule has 0 amide bonds. The van der Waals surface area contributed by atoms with Gasteiger partial charge in [-0.15, -0.1) is 0 Å². The maximum atomic E-state index is 12.6. The number of aliphatic hydroxyl groups is 4. The van der Waals surface area contributed by atoms with Crippen LogP contribution < -0.4 is 5.43 Å². The number of aromatic hydroxyl groups is 1. The van der Waals surface area contributed by atoms with Crippen LogP contribution in [0.15, 0.2) is 21.3 Å². The number of ketones is 1. The third-order valence-electron chi connectivity index (χ3n) is 4.87. The summed E-state index contributed by atoms with van der Waals surface area (Å²) in [7, 11) is 0. The van der Waals surface area contributed by atoms with Crippen LogP contribution >= 0.6 is 0 Å². The van der Waals surface area contributed by atoms with Gasteiger partial charge in [-0.05, 0) is 25.5 Å². The Kier molecular flexibility index (Phi) is 5.55. The van der Waals surface area contributed by atoms with Gasteiger partial charge in [0.2, 0.25) is 0 Å². The molecule has 5 N–H and O–H groups in total. The van der Waals surface area contributed by atoms with Crippen LogP contribution in [0.3, 0.4) is 0 Å². The standard InChI is InChI=1S/C19H22O9/c1-7-3-10(22)14(19-17(26)16(25)15(24)12(6-20)28-19)18-13(7)11(23)5-9(27-18)4-8(2)21/h3,5,12,15-17,19-20,22,24-26H,4,6H2,1-2H3/t12?,15-,16+,17-,19+/m1/s1. The summed E-state index contributed by atoms with van der Waals surface area (Å²) in [5.41, 5.74) is -0.240. The number of carbonyl (C=O) groups excluding carboxylic acids is 1. The number of phenolic OH excluding ortho intramolecular Hbond substituents is 1. The first-order chi connectivity index (χ1) is 13.1. The van der Waals surface area contributed by atoms with Crippen molar-refractivity contribution in [2.24, 2.45) is 0 Å². The predicted molar refractivity (Wildman–Crippen MR) is 96.0 cm³/mol. The summed E-state index contributed by atoms with van der Waals surface area (Å²) in [6.45, 7) is 2.27. The first-order valence-corrected chi connectivity index (χ1v) is 8.74. The fraction of sp³-hybridized carbons (Fsp3) is 0.474. The molecule has 9 heteroatoms. The van der Waals surface area contributed by atoms with Gasteiger partial charge in [0.05, 0.1) is 24.0 Å². The highest BCUT2D eigenvalue weighted by atomic mass is 16.5. The molecule has 5 atom stereocenters. The van der Waals surface area contributed by atoms with Crippen molar-refractivity contribution in [2.75, 3.05) is 6.61 Å². The molecule has 1 aliphatic rings. The van der Waals surface area contributed by atoms with Crippen molar-refractivity contribution in [1.82, 2.24) is 0 Å². The van der Waals surface area contributed by atoms with Gasteiger partial charge in [-0.1, -0.05) is 0 Å². The molecule has 0 aliphatic carbocycles. The molecule has 1 unspecified atom stereocenters. The Balaban J connectivity index is 2.26. The lowest BCUT2D eigenvalue weighted by Gasteiger charge is -2.40. The van der Waals surface area contributed by atoms with Crippen LogP contribution in [0.1, 0.15) is 29.9 Å². The first-order valence-electron chi connectivity index (χ1n) is 8.74. The number of phenols is 1. The van der Waals surface area contributed by atoms with E-state index < -0.39 is 42.6 Å². The monoisotopic (exact) mass is 394 g/mol. The number of Topliss-reactive ketones (excluding diaryl/α,β-unsaturated/α-hetero) is 1. The molecule has 1 aliphatic heterocycles. The molecule has 28 heavy (non-hydrogen) atoms. The van der Waals surface area contributed by atoms with E-state index in [4.69, 9.17) is 9.15 Å². The predicted octanol–water partition coefficient (Wildman–Crippen LogP) is -0.547. The van der Waals surface area contributed by atoms with Gasteiger partial charge in [-0.2, -0.15) is 0 Å². The maximum absolute atomic E-state index is 12.6. The summed E-state index contributed by atoms with van der Waals surface area (Å²) >= 11 is 0. The molecule has 0 bridgehead atoms. The average Bonchev–Trinajstić information content (AvgIpc) is 2.60. The van der Waals surface area contributed by atoms with Crippen LogP contribution in [-0.2, 0) is 16.0 Å². The zero-order valence-corrected chi connectivity index (χ0v) is 15.3. The van der Waals surface area contributed by atoms with E-state index in [0.717, 1.165) is 0 Å². The molecule has 2 heterocycles. The van der Waals surface area contributed by atoms with Crippen LogP contribution in [0.4, 0.5) is 0 Å². The smallest absolute Gasteiger partial charge is 0.193 e. The maximum Gasteiger partial charge on any atom is 0.193 e. The van der Waals surface area contributed by atoms with Crippen LogP contribution in [0.25, 0.3) is 11.0 Å². The Morgan fingerprint density at radius 2 is 1.82 bits per heavy atom.